The van der Waals surface area contributed by atoms with Crippen LogP contribution >= 0.6 is 0 Å². The Balaban J connectivity index is 1.90. The molecule has 0 aliphatic carbocycles. The lowest BCUT2D eigenvalue weighted by atomic mass is 10.3. The van der Waals surface area contributed by atoms with Gasteiger partial charge in [-0.2, -0.15) is 0 Å². The summed E-state index contributed by atoms with van der Waals surface area (Å²) in [6.07, 6.45) is 0. The van der Waals surface area contributed by atoms with Gasteiger partial charge in [-0.15, -0.1) is 0 Å². The van der Waals surface area contributed by atoms with E-state index in [2.05, 4.69) is 5.32 Å². The first-order valence-corrected chi connectivity index (χ1v) is 5.52. The molecule has 1 N–H and O–H groups in total. The standard InChI is InChI=1S/C12H17NO4/c1-13-9(6-14-2)7-15-10-3-4-11-12(5-10)17-8-16-11/h3-5,9,13H,6-8H2,1-2H3. The summed E-state index contributed by atoms with van der Waals surface area (Å²) in [6, 6.07) is 5.72. The molecule has 0 aromatic heterocycles. The average Bonchev–Trinajstić information content (AvgIpc) is 2.81. The van der Waals surface area contributed by atoms with Gasteiger partial charge in [0.25, 0.3) is 0 Å². The van der Waals surface area contributed by atoms with Crippen LogP contribution in [0.3, 0.4) is 0 Å². The highest BCUT2D eigenvalue weighted by Crippen LogP contribution is 2.35. The fraction of sp³-hybridized carbons (Fsp3) is 0.500. The van der Waals surface area contributed by atoms with Gasteiger partial charge in [0.05, 0.1) is 12.6 Å². The normalized spacial score (nSPS) is 14.7. The molecule has 0 saturated heterocycles. The summed E-state index contributed by atoms with van der Waals surface area (Å²) in [4.78, 5) is 0. The largest absolute Gasteiger partial charge is 0.492 e. The number of likely N-dealkylation sites (N-methyl/N-ethyl adjacent to an activating group) is 1. The Morgan fingerprint density at radius 3 is 2.88 bits per heavy atom. The van der Waals surface area contributed by atoms with E-state index in [-0.39, 0.29) is 12.8 Å². The Bertz CT molecular complexity index is 370. The smallest absolute Gasteiger partial charge is 0.231 e. The maximum absolute atomic E-state index is 5.66. The second-order valence-electron chi connectivity index (χ2n) is 3.77. The lowest BCUT2D eigenvalue weighted by Gasteiger charge is -2.16. The van der Waals surface area contributed by atoms with Crippen molar-refractivity contribution in [2.24, 2.45) is 0 Å². The van der Waals surface area contributed by atoms with Crippen molar-refractivity contribution < 1.29 is 18.9 Å². The van der Waals surface area contributed by atoms with Crippen molar-refractivity contribution >= 4 is 0 Å². The summed E-state index contributed by atoms with van der Waals surface area (Å²) in [5, 5.41) is 3.12. The molecule has 1 aliphatic heterocycles. The van der Waals surface area contributed by atoms with Gasteiger partial charge in [-0.05, 0) is 19.2 Å². The van der Waals surface area contributed by atoms with E-state index in [9.17, 15) is 0 Å². The monoisotopic (exact) mass is 239 g/mol. The summed E-state index contributed by atoms with van der Waals surface area (Å²) in [7, 11) is 3.55. The van der Waals surface area contributed by atoms with Crippen LogP contribution in [0.4, 0.5) is 0 Å². The molecule has 0 bridgehead atoms. The Kier molecular flexibility index (Phi) is 4.06. The Hall–Kier alpha value is -1.46. The predicted octanol–water partition coefficient (Wildman–Crippen LogP) is 1.03. The molecule has 0 saturated carbocycles. The minimum Gasteiger partial charge on any atom is -0.492 e. The van der Waals surface area contributed by atoms with E-state index in [0.29, 0.717) is 13.2 Å². The van der Waals surface area contributed by atoms with Crippen LogP contribution in [0.1, 0.15) is 0 Å². The Labute approximate surface area is 101 Å². The molecule has 1 heterocycles. The second kappa shape index (κ2) is 5.75. The van der Waals surface area contributed by atoms with Crippen LogP contribution in [0.2, 0.25) is 0 Å². The van der Waals surface area contributed by atoms with E-state index < -0.39 is 0 Å². The molecular weight excluding hydrogens is 222 g/mol. The van der Waals surface area contributed by atoms with E-state index in [1.54, 1.807) is 7.11 Å². The minimum absolute atomic E-state index is 0.172. The topological polar surface area (TPSA) is 49.0 Å². The number of rotatable bonds is 6. The van der Waals surface area contributed by atoms with Gasteiger partial charge in [0.15, 0.2) is 11.5 Å². The minimum atomic E-state index is 0.172. The maximum atomic E-state index is 5.66. The molecule has 1 aromatic carbocycles. The van der Waals surface area contributed by atoms with Crippen LogP contribution in [0.15, 0.2) is 18.2 Å². The van der Waals surface area contributed by atoms with Gasteiger partial charge in [0, 0.05) is 13.2 Å². The average molecular weight is 239 g/mol. The Morgan fingerprint density at radius 1 is 1.29 bits per heavy atom. The lowest BCUT2D eigenvalue weighted by molar-refractivity contribution is 0.139. The van der Waals surface area contributed by atoms with Crippen molar-refractivity contribution in [2.45, 2.75) is 6.04 Å². The third kappa shape index (κ3) is 3.01. The van der Waals surface area contributed by atoms with Crippen molar-refractivity contribution in [1.82, 2.24) is 5.32 Å². The highest BCUT2D eigenvalue weighted by Gasteiger charge is 2.14. The number of hydrogen-bond donors (Lipinski definition) is 1. The second-order valence-corrected chi connectivity index (χ2v) is 3.77. The van der Waals surface area contributed by atoms with Crippen LogP contribution in [-0.2, 0) is 4.74 Å². The first kappa shape index (κ1) is 12.0. The van der Waals surface area contributed by atoms with Crippen molar-refractivity contribution in [3.8, 4) is 17.2 Å². The molecular formula is C12H17NO4. The first-order valence-electron chi connectivity index (χ1n) is 5.52. The lowest BCUT2D eigenvalue weighted by Crippen LogP contribution is -2.35. The number of fused-ring (bicyclic) bond motifs is 1. The van der Waals surface area contributed by atoms with Gasteiger partial charge in [0.1, 0.15) is 12.4 Å². The fourth-order valence-corrected chi connectivity index (χ4v) is 1.58. The van der Waals surface area contributed by atoms with Gasteiger partial charge < -0.3 is 24.3 Å². The van der Waals surface area contributed by atoms with Gasteiger partial charge in [0.2, 0.25) is 6.79 Å². The van der Waals surface area contributed by atoms with Crippen LogP contribution in [0, 0.1) is 0 Å². The van der Waals surface area contributed by atoms with Crippen LogP contribution < -0.4 is 19.5 Å². The number of methoxy groups -OCH3 is 1. The van der Waals surface area contributed by atoms with Crippen molar-refractivity contribution in [2.75, 3.05) is 34.2 Å². The maximum Gasteiger partial charge on any atom is 0.231 e. The quantitative estimate of drug-likeness (QED) is 0.803. The summed E-state index contributed by atoms with van der Waals surface area (Å²) in [5.74, 6) is 2.26. The first-order chi connectivity index (χ1) is 8.33. The molecule has 17 heavy (non-hydrogen) atoms. The van der Waals surface area contributed by atoms with E-state index in [4.69, 9.17) is 18.9 Å². The molecule has 1 aliphatic rings. The summed E-state index contributed by atoms with van der Waals surface area (Å²) < 4.78 is 21.2. The fourth-order valence-electron chi connectivity index (χ4n) is 1.58. The van der Waals surface area contributed by atoms with Gasteiger partial charge >= 0.3 is 0 Å². The molecule has 0 fully saturated rings. The van der Waals surface area contributed by atoms with E-state index in [1.807, 2.05) is 25.2 Å². The summed E-state index contributed by atoms with van der Waals surface area (Å²) in [6.45, 7) is 1.44. The highest BCUT2D eigenvalue weighted by molar-refractivity contribution is 5.46. The van der Waals surface area contributed by atoms with E-state index in [0.717, 1.165) is 17.2 Å². The zero-order valence-electron chi connectivity index (χ0n) is 10.1. The molecule has 94 valence electrons. The summed E-state index contributed by atoms with van der Waals surface area (Å²) >= 11 is 0. The summed E-state index contributed by atoms with van der Waals surface area (Å²) in [5.41, 5.74) is 0. The van der Waals surface area contributed by atoms with Gasteiger partial charge in [-0.1, -0.05) is 0 Å². The van der Waals surface area contributed by atoms with Gasteiger partial charge in [-0.25, -0.2) is 0 Å². The zero-order valence-corrected chi connectivity index (χ0v) is 10.1. The predicted molar refractivity (Wildman–Crippen MR) is 62.8 cm³/mol. The molecule has 1 aromatic rings. The van der Waals surface area contributed by atoms with Crippen molar-refractivity contribution in [3.63, 3.8) is 0 Å². The van der Waals surface area contributed by atoms with E-state index in [1.165, 1.54) is 0 Å². The Morgan fingerprint density at radius 2 is 2.12 bits per heavy atom. The zero-order chi connectivity index (χ0) is 12.1. The third-order valence-corrected chi connectivity index (χ3v) is 2.57. The van der Waals surface area contributed by atoms with E-state index >= 15 is 0 Å². The number of nitrogens with one attached hydrogen (secondary N) is 1. The molecule has 0 amide bonds. The molecule has 2 rings (SSSR count). The molecule has 5 heteroatoms. The molecule has 1 unspecified atom stereocenters. The van der Waals surface area contributed by atoms with Crippen LogP contribution in [0.25, 0.3) is 0 Å². The molecule has 0 radical (unpaired) electrons. The third-order valence-electron chi connectivity index (χ3n) is 2.57. The van der Waals surface area contributed by atoms with Gasteiger partial charge in [-0.3, -0.25) is 0 Å². The number of hydrogen-bond acceptors (Lipinski definition) is 5. The molecule has 1 atom stereocenters. The highest BCUT2D eigenvalue weighted by atomic mass is 16.7. The SMILES string of the molecule is CNC(COC)COc1ccc2c(c1)OCO2. The van der Waals surface area contributed by atoms with Crippen molar-refractivity contribution in [1.29, 1.82) is 0 Å². The van der Waals surface area contributed by atoms with Crippen LogP contribution in [-0.4, -0.2) is 40.2 Å². The van der Waals surface area contributed by atoms with Crippen LogP contribution in [0.5, 0.6) is 17.2 Å². The number of benzene rings is 1. The number of ether oxygens (including phenoxy) is 4. The molecule has 0 spiro atoms. The molecule has 5 nitrogen and oxygen atoms in total. The van der Waals surface area contributed by atoms with Crippen molar-refractivity contribution in [3.05, 3.63) is 18.2 Å².